The first kappa shape index (κ1) is 20.3. The van der Waals surface area contributed by atoms with Crippen LogP contribution in [-0.4, -0.2) is 36.3 Å². The number of hydrogen-bond donors (Lipinski definition) is 2. The predicted octanol–water partition coefficient (Wildman–Crippen LogP) is 1.31. The molecular weight excluding hydrogens is 414 g/mol. The van der Waals surface area contributed by atoms with Crippen LogP contribution in [0.1, 0.15) is 29.7 Å². The van der Waals surface area contributed by atoms with E-state index in [4.69, 9.17) is 19.9 Å². The molecule has 1 spiro atoms. The molecule has 1 amide bonds. The predicted molar refractivity (Wildman–Crippen MR) is 114 cm³/mol. The molecular formula is C23H23N3O6. The third kappa shape index (κ3) is 2.64. The van der Waals surface area contributed by atoms with Crippen molar-refractivity contribution in [1.82, 2.24) is 4.57 Å². The number of anilines is 1. The van der Waals surface area contributed by atoms with Gasteiger partial charge in [-0.15, -0.1) is 0 Å². The normalized spacial score (nSPS) is 23.6. The first-order valence-electron chi connectivity index (χ1n) is 10.4. The molecule has 9 heteroatoms. The molecule has 0 saturated carbocycles. The summed E-state index contributed by atoms with van der Waals surface area (Å²) in [5, 5.41) is 2.80. The molecule has 3 N–H and O–H groups in total. The molecule has 1 saturated heterocycles. The quantitative estimate of drug-likeness (QED) is 0.694. The fourth-order valence-corrected chi connectivity index (χ4v) is 4.97. The van der Waals surface area contributed by atoms with Crippen molar-refractivity contribution < 1.29 is 23.8 Å². The van der Waals surface area contributed by atoms with Crippen molar-refractivity contribution in [3.05, 3.63) is 69.0 Å². The maximum Gasteiger partial charge on any atom is 0.340 e. The van der Waals surface area contributed by atoms with E-state index >= 15 is 0 Å². The lowest BCUT2D eigenvalue weighted by Crippen LogP contribution is -2.50. The molecule has 166 valence electrons. The topological polar surface area (TPSA) is 122 Å². The van der Waals surface area contributed by atoms with Crippen LogP contribution >= 0.6 is 0 Å². The van der Waals surface area contributed by atoms with Crippen LogP contribution in [0.4, 0.5) is 5.69 Å². The zero-order valence-corrected chi connectivity index (χ0v) is 17.8. The number of aryl methyl sites for hydroxylation is 1. The number of benzene rings is 1. The number of nitrogens with one attached hydrogen (secondary N) is 1. The number of nitrogens with two attached hydrogens (primary N) is 1. The number of para-hydroxylation sites is 1. The zero-order valence-electron chi connectivity index (χ0n) is 17.8. The van der Waals surface area contributed by atoms with Crippen LogP contribution < -0.4 is 21.3 Å². The monoisotopic (exact) mass is 437 g/mol. The van der Waals surface area contributed by atoms with Crippen LogP contribution in [0.3, 0.4) is 0 Å². The van der Waals surface area contributed by atoms with Gasteiger partial charge in [-0.3, -0.25) is 9.59 Å². The number of ether oxygens (including phenoxy) is 3. The van der Waals surface area contributed by atoms with Crippen molar-refractivity contribution in [3.8, 4) is 5.75 Å². The number of fused-ring (bicyclic) bond motifs is 4. The van der Waals surface area contributed by atoms with Crippen molar-refractivity contribution in [1.29, 1.82) is 0 Å². The summed E-state index contributed by atoms with van der Waals surface area (Å²) < 4.78 is 18.0. The molecule has 32 heavy (non-hydrogen) atoms. The molecule has 1 fully saturated rings. The van der Waals surface area contributed by atoms with Crippen LogP contribution in [0.25, 0.3) is 0 Å². The van der Waals surface area contributed by atoms with E-state index in [1.165, 1.54) is 7.11 Å². The summed E-state index contributed by atoms with van der Waals surface area (Å²) in [6.07, 6.45) is 1.67. The zero-order chi connectivity index (χ0) is 22.6. The van der Waals surface area contributed by atoms with E-state index in [9.17, 15) is 14.4 Å². The first-order valence-corrected chi connectivity index (χ1v) is 10.4. The van der Waals surface area contributed by atoms with Gasteiger partial charge in [-0.1, -0.05) is 18.2 Å². The molecule has 0 unspecified atom stereocenters. The molecule has 9 nitrogen and oxygen atoms in total. The number of rotatable bonds is 3. The average molecular weight is 437 g/mol. The largest absolute Gasteiger partial charge is 0.465 e. The average Bonchev–Trinajstić information content (AvgIpc) is 3.37. The Hall–Kier alpha value is -3.59. The van der Waals surface area contributed by atoms with Crippen molar-refractivity contribution in [2.24, 2.45) is 5.73 Å². The highest BCUT2D eigenvalue weighted by molar-refractivity contribution is 6.17. The number of hydrogen-bond acceptors (Lipinski definition) is 7. The molecule has 2 aromatic rings. The lowest BCUT2D eigenvalue weighted by molar-refractivity contribution is -0.138. The third-order valence-electron chi connectivity index (χ3n) is 6.41. The Labute approximate surface area is 183 Å². The molecule has 0 bridgehead atoms. The van der Waals surface area contributed by atoms with E-state index in [1.807, 2.05) is 0 Å². The Morgan fingerprint density at radius 3 is 2.84 bits per heavy atom. The summed E-state index contributed by atoms with van der Waals surface area (Å²) in [6, 6.07) is 8.57. The minimum absolute atomic E-state index is 0.0400. The fraction of sp³-hybridized carbons (Fsp3) is 0.348. The number of nitrogens with zero attached hydrogens (tertiary/aromatic N) is 1. The summed E-state index contributed by atoms with van der Waals surface area (Å²) in [7, 11) is 1.19. The van der Waals surface area contributed by atoms with E-state index < -0.39 is 22.9 Å². The van der Waals surface area contributed by atoms with Crippen molar-refractivity contribution in [2.45, 2.75) is 37.8 Å². The Balaban J connectivity index is 1.84. The van der Waals surface area contributed by atoms with Gasteiger partial charge in [-0.2, -0.15) is 0 Å². The summed E-state index contributed by atoms with van der Waals surface area (Å²) in [5.41, 5.74) is 5.35. The standard InChI is InChI=1S/C23H23N3O6/c1-12-10-16-17(20(27)26(12)11-13-6-5-9-31-13)23(18(19(24)32-16)21(28)30-2)14-7-3-4-8-15(14)25-22(23)29/h3-4,7-8,10,13H,5-6,9,11,24H2,1-2H3,(H,25,29)/t13-,23+/m0/s1. The molecule has 2 atom stereocenters. The molecule has 3 aliphatic rings. The van der Waals surface area contributed by atoms with E-state index in [0.717, 1.165) is 12.8 Å². The maximum absolute atomic E-state index is 13.9. The van der Waals surface area contributed by atoms with E-state index in [-0.39, 0.29) is 28.9 Å². The van der Waals surface area contributed by atoms with Gasteiger partial charge in [0.05, 0.1) is 25.3 Å². The summed E-state index contributed by atoms with van der Waals surface area (Å²) in [4.78, 5) is 40.4. The Bertz CT molecular complexity index is 1240. The number of amides is 1. The second kappa shape index (κ2) is 7.23. The van der Waals surface area contributed by atoms with Crippen molar-refractivity contribution >= 4 is 17.6 Å². The second-order valence-corrected chi connectivity index (χ2v) is 8.16. The SMILES string of the molecule is COC(=O)C1=C(N)Oc2cc(C)n(C[C@@H]3CCCO3)c(=O)c2[C@@]12C(=O)Nc1ccccc12. The fourth-order valence-electron chi connectivity index (χ4n) is 4.97. The highest BCUT2D eigenvalue weighted by Crippen LogP contribution is 2.52. The smallest absolute Gasteiger partial charge is 0.340 e. The molecule has 1 aromatic heterocycles. The first-order chi connectivity index (χ1) is 15.4. The molecule has 0 radical (unpaired) electrons. The van der Waals surface area contributed by atoms with Gasteiger partial charge in [0.1, 0.15) is 16.7 Å². The number of aromatic nitrogens is 1. The van der Waals surface area contributed by atoms with Gasteiger partial charge in [-0.05, 0) is 25.8 Å². The van der Waals surface area contributed by atoms with Gasteiger partial charge in [0.2, 0.25) is 11.8 Å². The Morgan fingerprint density at radius 2 is 2.12 bits per heavy atom. The summed E-state index contributed by atoms with van der Waals surface area (Å²) in [5.74, 6) is -1.53. The number of carbonyl (C=O) groups is 2. The third-order valence-corrected chi connectivity index (χ3v) is 6.41. The Kier molecular flexibility index (Phi) is 4.59. The van der Waals surface area contributed by atoms with Gasteiger partial charge in [0.25, 0.3) is 5.56 Å². The van der Waals surface area contributed by atoms with Crippen molar-refractivity contribution in [2.75, 3.05) is 19.0 Å². The molecule has 0 aliphatic carbocycles. The summed E-state index contributed by atoms with van der Waals surface area (Å²) in [6.45, 7) is 2.77. The highest BCUT2D eigenvalue weighted by atomic mass is 16.5. The van der Waals surface area contributed by atoms with Crippen LogP contribution in [0.15, 0.2) is 46.6 Å². The molecule has 5 rings (SSSR count). The van der Waals surface area contributed by atoms with Gasteiger partial charge in [0, 0.05) is 29.6 Å². The number of methoxy groups -OCH3 is 1. The lowest BCUT2D eigenvalue weighted by atomic mass is 9.68. The van der Waals surface area contributed by atoms with E-state index in [0.29, 0.717) is 30.1 Å². The number of esters is 1. The minimum Gasteiger partial charge on any atom is -0.465 e. The number of pyridine rings is 1. The van der Waals surface area contributed by atoms with E-state index in [1.54, 1.807) is 41.8 Å². The van der Waals surface area contributed by atoms with Crippen molar-refractivity contribution in [3.63, 3.8) is 0 Å². The molecule has 4 heterocycles. The molecule has 1 aromatic carbocycles. The van der Waals surface area contributed by atoms with Crippen LogP contribution in [0.2, 0.25) is 0 Å². The minimum atomic E-state index is -1.79. The van der Waals surface area contributed by atoms with Crippen LogP contribution in [-0.2, 0) is 31.0 Å². The van der Waals surface area contributed by atoms with Crippen LogP contribution in [0, 0.1) is 6.92 Å². The van der Waals surface area contributed by atoms with Gasteiger partial charge in [-0.25, -0.2) is 4.79 Å². The summed E-state index contributed by atoms with van der Waals surface area (Å²) >= 11 is 0. The van der Waals surface area contributed by atoms with Gasteiger partial charge < -0.3 is 29.8 Å². The number of carbonyl (C=O) groups excluding carboxylic acids is 2. The van der Waals surface area contributed by atoms with Gasteiger partial charge >= 0.3 is 5.97 Å². The molecule has 3 aliphatic heterocycles. The maximum atomic E-state index is 13.9. The van der Waals surface area contributed by atoms with Gasteiger partial charge in [0.15, 0.2) is 0 Å². The lowest BCUT2D eigenvalue weighted by Gasteiger charge is -2.35. The van der Waals surface area contributed by atoms with E-state index in [2.05, 4.69) is 5.32 Å². The van der Waals surface area contributed by atoms with Crippen LogP contribution in [0.5, 0.6) is 5.75 Å². The second-order valence-electron chi connectivity index (χ2n) is 8.16. The highest BCUT2D eigenvalue weighted by Gasteiger charge is 2.60. The Morgan fingerprint density at radius 1 is 1.34 bits per heavy atom.